The van der Waals surface area contributed by atoms with E-state index in [9.17, 15) is 8.78 Å². The predicted molar refractivity (Wildman–Crippen MR) is 54.5 cm³/mol. The quantitative estimate of drug-likeness (QED) is 0.809. The van der Waals surface area contributed by atoms with Crippen molar-refractivity contribution in [3.63, 3.8) is 0 Å². The van der Waals surface area contributed by atoms with Gasteiger partial charge in [0.1, 0.15) is 11.6 Å². The largest absolute Gasteiger partial charge is 0.396 e. The molecule has 0 fully saturated rings. The second-order valence-electron chi connectivity index (χ2n) is 3.67. The Bertz CT molecular complexity index is 340. The highest BCUT2D eigenvalue weighted by molar-refractivity contribution is 5.34. The van der Waals surface area contributed by atoms with Crippen molar-refractivity contribution in [2.75, 3.05) is 6.61 Å². The van der Waals surface area contributed by atoms with Crippen molar-refractivity contribution in [2.24, 2.45) is 5.73 Å². The maximum Gasteiger partial charge on any atom is 0.133 e. The van der Waals surface area contributed by atoms with Crippen LogP contribution in [0.4, 0.5) is 8.78 Å². The Kier molecular flexibility index (Phi) is 3.77. The van der Waals surface area contributed by atoms with Crippen molar-refractivity contribution < 1.29 is 13.9 Å². The summed E-state index contributed by atoms with van der Waals surface area (Å²) in [6, 6.07) is 0.647. The molecule has 1 unspecified atom stereocenters. The number of hydrogen-bond acceptors (Lipinski definition) is 2. The van der Waals surface area contributed by atoms with Crippen LogP contribution in [0.2, 0.25) is 0 Å². The van der Waals surface area contributed by atoms with Crippen LogP contribution < -0.4 is 5.73 Å². The van der Waals surface area contributed by atoms with E-state index in [2.05, 4.69) is 0 Å². The smallest absolute Gasteiger partial charge is 0.133 e. The van der Waals surface area contributed by atoms with Gasteiger partial charge in [0.25, 0.3) is 0 Å². The van der Waals surface area contributed by atoms with Gasteiger partial charge in [-0.2, -0.15) is 0 Å². The van der Waals surface area contributed by atoms with Gasteiger partial charge in [0.2, 0.25) is 0 Å². The third kappa shape index (κ3) is 2.33. The van der Waals surface area contributed by atoms with Gasteiger partial charge in [0.05, 0.1) is 0 Å². The zero-order valence-electron chi connectivity index (χ0n) is 8.85. The number of nitrogens with two attached hydrogens (primary N) is 1. The number of rotatable bonds is 3. The second-order valence-corrected chi connectivity index (χ2v) is 3.67. The van der Waals surface area contributed by atoms with Crippen LogP contribution in [0.5, 0.6) is 0 Å². The topological polar surface area (TPSA) is 46.2 Å². The molecule has 1 aromatic rings. The molecule has 1 atom stereocenters. The van der Waals surface area contributed by atoms with Gasteiger partial charge < -0.3 is 10.8 Å². The Balaban J connectivity index is 3.26. The molecule has 1 rings (SSSR count). The number of aliphatic hydroxyl groups excluding tert-OH is 1. The minimum Gasteiger partial charge on any atom is -0.396 e. The fourth-order valence-corrected chi connectivity index (χ4v) is 1.58. The van der Waals surface area contributed by atoms with Crippen molar-refractivity contribution in [1.82, 2.24) is 0 Å². The summed E-state index contributed by atoms with van der Waals surface area (Å²) < 4.78 is 27.2. The molecule has 1 aromatic carbocycles. The minimum atomic E-state index is -0.798. The molecule has 0 aliphatic rings. The van der Waals surface area contributed by atoms with Gasteiger partial charge >= 0.3 is 0 Å². The van der Waals surface area contributed by atoms with Crippen LogP contribution in [0, 0.1) is 25.5 Å². The normalized spacial score (nSPS) is 12.9. The lowest BCUT2D eigenvalue weighted by Crippen LogP contribution is -2.17. The summed E-state index contributed by atoms with van der Waals surface area (Å²) in [7, 11) is 0. The van der Waals surface area contributed by atoms with E-state index in [0.717, 1.165) is 0 Å². The molecule has 84 valence electrons. The van der Waals surface area contributed by atoms with Crippen molar-refractivity contribution in [2.45, 2.75) is 26.3 Å². The van der Waals surface area contributed by atoms with E-state index in [0.29, 0.717) is 11.1 Å². The van der Waals surface area contributed by atoms with Gasteiger partial charge in [0.15, 0.2) is 0 Å². The molecule has 2 nitrogen and oxygen atoms in total. The minimum absolute atomic E-state index is 0.124. The second kappa shape index (κ2) is 4.68. The first-order valence-electron chi connectivity index (χ1n) is 4.80. The maximum atomic E-state index is 13.6. The van der Waals surface area contributed by atoms with Gasteiger partial charge in [-0.15, -0.1) is 0 Å². The van der Waals surface area contributed by atoms with Crippen molar-refractivity contribution in [3.8, 4) is 0 Å². The highest BCUT2D eigenvalue weighted by atomic mass is 19.1. The first-order chi connectivity index (χ1) is 6.99. The van der Waals surface area contributed by atoms with Crippen molar-refractivity contribution >= 4 is 0 Å². The number of benzene rings is 1. The zero-order valence-corrected chi connectivity index (χ0v) is 8.85. The third-order valence-electron chi connectivity index (χ3n) is 2.41. The van der Waals surface area contributed by atoms with Gasteiger partial charge in [0, 0.05) is 18.2 Å². The molecule has 0 heterocycles. The summed E-state index contributed by atoms with van der Waals surface area (Å²) in [5, 5.41) is 8.69. The Morgan fingerprint density at radius 1 is 1.27 bits per heavy atom. The van der Waals surface area contributed by atoms with Crippen LogP contribution in [0.1, 0.15) is 29.2 Å². The number of aliphatic hydroxyl groups is 1. The third-order valence-corrected chi connectivity index (χ3v) is 2.41. The van der Waals surface area contributed by atoms with Crippen LogP contribution in [-0.4, -0.2) is 11.7 Å². The van der Waals surface area contributed by atoms with Gasteiger partial charge in [-0.3, -0.25) is 0 Å². The van der Waals surface area contributed by atoms with E-state index in [1.165, 1.54) is 6.07 Å². The summed E-state index contributed by atoms with van der Waals surface area (Å²) in [5.41, 5.74) is 6.23. The first kappa shape index (κ1) is 12.1. The van der Waals surface area contributed by atoms with Crippen molar-refractivity contribution in [3.05, 3.63) is 34.4 Å². The lowest BCUT2D eigenvalue weighted by Gasteiger charge is -2.15. The molecule has 3 N–H and O–H groups in total. The molecule has 0 radical (unpaired) electrons. The molecule has 0 amide bonds. The Morgan fingerprint density at radius 2 is 1.73 bits per heavy atom. The Labute approximate surface area is 87.7 Å². The Morgan fingerprint density at radius 3 is 2.13 bits per heavy atom. The van der Waals surface area contributed by atoms with Gasteiger partial charge in [-0.25, -0.2) is 8.78 Å². The molecule has 15 heavy (non-hydrogen) atoms. The zero-order chi connectivity index (χ0) is 11.6. The van der Waals surface area contributed by atoms with E-state index >= 15 is 0 Å². The van der Waals surface area contributed by atoms with E-state index in [4.69, 9.17) is 10.8 Å². The highest BCUT2D eigenvalue weighted by Crippen LogP contribution is 2.26. The standard InChI is InChI=1S/C11H15F2NO/c1-6-5-7(2)11(13)9(10(6)12)8(14)3-4-15/h5,8,15H,3-4,14H2,1-2H3. The average molecular weight is 215 g/mol. The summed E-state index contributed by atoms with van der Waals surface area (Å²) in [6.07, 6.45) is 0.150. The molecule has 0 bridgehead atoms. The lowest BCUT2D eigenvalue weighted by atomic mass is 9.98. The molecule has 0 aliphatic carbocycles. The lowest BCUT2D eigenvalue weighted by molar-refractivity contribution is 0.274. The van der Waals surface area contributed by atoms with Crippen LogP contribution in [-0.2, 0) is 0 Å². The fourth-order valence-electron chi connectivity index (χ4n) is 1.58. The molecule has 0 saturated heterocycles. The molecule has 0 aromatic heterocycles. The number of halogens is 2. The monoisotopic (exact) mass is 215 g/mol. The molecule has 0 aliphatic heterocycles. The fraction of sp³-hybridized carbons (Fsp3) is 0.455. The molecule has 0 saturated carbocycles. The van der Waals surface area contributed by atoms with E-state index in [-0.39, 0.29) is 18.6 Å². The van der Waals surface area contributed by atoms with Crippen molar-refractivity contribution in [1.29, 1.82) is 0 Å². The van der Waals surface area contributed by atoms with Crippen LogP contribution in [0.15, 0.2) is 6.07 Å². The predicted octanol–water partition coefficient (Wildman–Crippen LogP) is 1.96. The number of aryl methyl sites for hydroxylation is 2. The van der Waals surface area contributed by atoms with E-state index in [1.54, 1.807) is 13.8 Å². The summed E-state index contributed by atoms with van der Waals surface area (Å²) in [4.78, 5) is 0. The highest BCUT2D eigenvalue weighted by Gasteiger charge is 2.19. The van der Waals surface area contributed by atoms with Gasteiger partial charge in [-0.1, -0.05) is 6.07 Å². The molecule has 0 spiro atoms. The van der Waals surface area contributed by atoms with Crippen LogP contribution in [0.25, 0.3) is 0 Å². The van der Waals surface area contributed by atoms with Gasteiger partial charge in [-0.05, 0) is 31.4 Å². The summed E-state index contributed by atoms with van der Waals surface area (Å²) >= 11 is 0. The van der Waals surface area contributed by atoms with E-state index < -0.39 is 17.7 Å². The summed E-state index contributed by atoms with van der Waals surface area (Å²) in [5.74, 6) is -1.22. The summed E-state index contributed by atoms with van der Waals surface area (Å²) in [6.45, 7) is 2.95. The SMILES string of the molecule is Cc1cc(C)c(F)c(C(N)CCO)c1F. The number of hydrogen-bond donors (Lipinski definition) is 2. The molecular weight excluding hydrogens is 200 g/mol. The average Bonchev–Trinajstić information content (AvgIpc) is 2.16. The van der Waals surface area contributed by atoms with Crippen LogP contribution >= 0.6 is 0 Å². The first-order valence-corrected chi connectivity index (χ1v) is 4.80. The van der Waals surface area contributed by atoms with E-state index in [1.807, 2.05) is 0 Å². The molecular formula is C11H15F2NO. The maximum absolute atomic E-state index is 13.6. The van der Waals surface area contributed by atoms with Crippen LogP contribution in [0.3, 0.4) is 0 Å². The molecule has 4 heteroatoms. The Hall–Kier alpha value is -1.00.